The first-order valence-electron chi connectivity index (χ1n) is 3.05. The molecule has 4 heteroatoms. The van der Waals surface area contributed by atoms with Crippen LogP contribution in [0.15, 0.2) is 5.38 Å². The number of halogens is 3. The van der Waals surface area contributed by atoms with Crippen LogP contribution in [-0.2, 0) is 6.18 Å². The van der Waals surface area contributed by atoms with Gasteiger partial charge in [-0.2, -0.15) is 13.2 Å². The summed E-state index contributed by atoms with van der Waals surface area (Å²) in [5.41, 5.74) is -0.150. The van der Waals surface area contributed by atoms with E-state index in [0.717, 1.165) is 11.3 Å². The van der Waals surface area contributed by atoms with Crippen LogP contribution in [0.5, 0.6) is 0 Å². The van der Waals surface area contributed by atoms with Crippen LogP contribution < -0.4 is 0 Å². The largest absolute Gasteiger partial charge is 0.417 e. The van der Waals surface area contributed by atoms with Gasteiger partial charge in [-0.05, 0) is 24.8 Å². The van der Waals surface area contributed by atoms with Crippen LogP contribution in [0.3, 0.4) is 0 Å². The Labute approximate surface area is 66.7 Å². The summed E-state index contributed by atoms with van der Waals surface area (Å²) < 4.78 is 36.4. The standard InChI is InChI=1S/C7H7F3S/c1-4-3-11-5(2)6(4)7(8,9)10/h3H,1-2H3. The van der Waals surface area contributed by atoms with Crippen molar-refractivity contribution in [3.8, 4) is 0 Å². The zero-order valence-corrected chi connectivity index (χ0v) is 6.94. The zero-order valence-electron chi connectivity index (χ0n) is 6.12. The predicted octanol–water partition coefficient (Wildman–Crippen LogP) is 3.38. The molecule has 0 aromatic carbocycles. The summed E-state index contributed by atoms with van der Waals surface area (Å²) in [6.07, 6.45) is -4.19. The molecule has 0 saturated carbocycles. The van der Waals surface area contributed by atoms with E-state index in [2.05, 4.69) is 0 Å². The summed E-state index contributed by atoms with van der Waals surface area (Å²) in [4.78, 5) is 0.343. The molecule has 0 spiro atoms. The Morgan fingerprint density at radius 2 is 1.82 bits per heavy atom. The lowest BCUT2D eigenvalue weighted by molar-refractivity contribution is -0.138. The highest BCUT2D eigenvalue weighted by molar-refractivity contribution is 7.10. The van der Waals surface area contributed by atoms with Crippen molar-refractivity contribution in [1.29, 1.82) is 0 Å². The molecule has 1 aromatic rings. The highest BCUT2D eigenvalue weighted by atomic mass is 32.1. The molecule has 0 saturated heterocycles. The molecule has 0 fully saturated rings. The van der Waals surface area contributed by atoms with Crippen molar-refractivity contribution >= 4 is 11.3 Å². The smallest absolute Gasteiger partial charge is 0.166 e. The number of rotatable bonds is 0. The fourth-order valence-electron chi connectivity index (χ4n) is 0.995. The minimum Gasteiger partial charge on any atom is -0.166 e. The second-order valence-corrected chi connectivity index (χ2v) is 3.43. The summed E-state index contributed by atoms with van der Waals surface area (Å²) in [5.74, 6) is 0. The molecular formula is C7H7F3S. The Hall–Kier alpha value is -0.510. The van der Waals surface area contributed by atoms with E-state index in [0.29, 0.717) is 10.4 Å². The van der Waals surface area contributed by atoms with Crippen LogP contribution >= 0.6 is 11.3 Å². The molecule has 1 rings (SSSR count). The topological polar surface area (TPSA) is 0 Å². The van der Waals surface area contributed by atoms with Crippen molar-refractivity contribution in [3.63, 3.8) is 0 Å². The molecule has 0 radical (unpaired) electrons. The third-order valence-corrected chi connectivity index (χ3v) is 2.47. The predicted molar refractivity (Wildman–Crippen MR) is 38.8 cm³/mol. The fraction of sp³-hybridized carbons (Fsp3) is 0.429. The zero-order chi connectivity index (χ0) is 8.65. The van der Waals surface area contributed by atoms with Crippen molar-refractivity contribution in [3.05, 3.63) is 21.4 Å². The highest BCUT2D eigenvalue weighted by Crippen LogP contribution is 2.36. The molecule has 0 atom stereocenters. The monoisotopic (exact) mass is 180 g/mol. The van der Waals surface area contributed by atoms with Crippen molar-refractivity contribution in [2.75, 3.05) is 0 Å². The summed E-state index contributed by atoms with van der Waals surface area (Å²) in [6.45, 7) is 2.97. The highest BCUT2D eigenvalue weighted by Gasteiger charge is 2.34. The molecule has 1 aromatic heterocycles. The average molecular weight is 180 g/mol. The fourth-order valence-corrected chi connectivity index (χ4v) is 1.86. The lowest BCUT2D eigenvalue weighted by atomic mass is 10.2. The van der Waals surface area contributed by atoms with Gasteiger partial charge in [-0.3, -0.25) is 0 Å². The first kappa shape index (κ1) is 8.59. The quantitative estimate of drug-likeness (QED) is 0.574. The van der Waals surface area contributed by atoms with Crippen LogP contribution in [0.2, 0.25) is 0 Å². The van der Waals surface area contributed by atoms with Gasteiger partial charge in [0, 0.05) is 4.88 Å². The van der Waals surface area contributed by atoms with Gasteiger partial charge in [0.25, 0.3) is 0 Å². The van der Waals surface area contributed by atoms with Gasteiger partial charge in [-0.25, -0.2) is 0 Å². The van der Waals surface area contributed by atoms with Gasteiger partial charge in [0.2, 0.25) is 0 Å². The van der Waals surface area contributed by atoms with Crippen LogP contribution in [0.1, 0.15) is 16.0 Å². The van der Waals surface area contributed by atoms with Gasteiger partial charge >= 0.3 is 6.18 Å². The van der Waals surface area contributed by atoms with Crippen molar-refractivity contribution in [2.45, 2.75) is 20.0 Å². The lowest BCUT2D eigenvalue weighted by Gasteiger charge is -2.06. The van der Waals surface area contributed by atoms with Gasteiger partial charge in [0.1, 0.15) is 0 Å². The van der Waals surface area contributed by atoms with Crippen LogP contribution in [-0.4, -0.2) is 0 Å². The van der Waals surface area contributed by atoms with Gasteiger partial charge in [-0.1, -0.05) is 0 Å². The summed E-state index contributed by atoms with van der Waals surface area (Å²) in [5, 5.41) is 1.53. The number of hydrogen-bond acceptors (Lipinski definition) is 1. The number of hydrogen-bond donors (Lipinski definition) is 0. The van der Waals surface area contributed by atoms with Crippen molar-refractivity contribution in [1.82, 2.24) is 0 Å². The minimum absolute atomic E-state index is 0.319. The third kappa shape index (κ3) is 1.56. The van der Waals surface area contributed by atoms with Gasteiger partial charge < -0.3 is 0 Å². The van der Waals surface area contributed by atoms with Crippen LogP contribution in [0.4, 0.5) is 13.2 Å². The number of alkyl halides is 3. The molecule has 0 unspecified atom stereocenters. The summed E-state index contributed by atoms with van der Waals surface area (Å²) in [6, 6.07) is 0. The van der Waals surface area contributed by atoms with E-state index in [1.54, 1.807) is 0 Å². The van der Waals surface area contributed by atoms with E-state index in [9.17, 15) is 13.2 Å². The molecule has 0 aliphatic heterocycles. The molecule has 0 N–H and O–H groups in total. The van der Waals surface area contributed by atoms with E-state index in [-0.39, 0.29) is 0 Å². The third-order valence-electron chi connectivity index (χ3n) is 1.44. The van der Waals surface area contributed by atoms with Gasteiger partial charge in [-0.15, -0.1) is 11.3 Å². The molecular weight excluding hydrogens is 173 g/mol. The maximum absolute atomic E-state index is 12.1. The number of thiophene rings is 1. The van der Waals surface area contributed by atoms with E-state index in [4.69, 9.17) is 0 Å². The Morgan fingerprint density at radius 3 is 2.00 bits per heavy atom. The number of aryl methyl sites for hydroxylation is 2. The SMILES string of the molecule is Cc1csc(C)c1C(F)(F)F. The van der Waals surface area contributed by atoms with E-state index in [1.165, 1.54) is 19.2 Å². The normalized spacial score (nSPS) is 12.1. The molecule has 0 bridgehead atoms. The van der Waals surface area contributed by atoms with Crippen molar-refractivity contribution in [2.24, 2.45) is 0 Å². The molecule has 11 heavy (non-hydrogen) atoms. The molecule has 0 nitrogen and oxygen atoms in total. The first-order valence-corrected chi connectivity index (χ1v) is 3.93. The summed E-state index contributed by atoms with van der Waals surface area (Å²) in [7, 11) is 0. The van der Waals surface area contributed by atoms with E-state index >= 15 is 0 Å². The van der Waals surface area contributed by atoms with E-state index in [1.807, 2.05) is 0 Å². The molecule has 0 amide bonds. The average Bonchev–Trinajstić information content (AvgIpc) is 2.08. The minimum atomic E-state index is -4.19. The maximum Gasteiger partial charge on any atom is 0.417 e. The Bertz CT molecular complexity index is 240. The maximum atomic E-state index is 12.1. The van der Waals surface area contributed by atoms with Gasteiger partial charge in [0.15, 0.2) is 0 Å². The second-order valence-electron chi connectivity index (χ2n) is 2.35. The summed E-state index contributed by atoms with van der Waals surface area (Å²) >= 11 is 1.14. The lowest BCUT2D eigenvalue weighted by Crippen LogP contribution is -2.06. The van der Waals surface area contributed by atoms with E-state index < -0.39 is 11.7 Å². The Kier molecular flexibility index (Phi) is 1.96. The Balaban J connectivity index is 3.21. The Morgan fingerprint density at radius 1 is 1.27 bits per heavy atom. The molecule has 62 valence electrons. The molecule has 0 aliphatic carbocycles. The molecule has 1 heterocycles. The second kappa shape index (κ2) is 2.52. The van der Waals surface area contributed by atoms with Crippen LogP contribution in [0, 0.1) is 13.8 Å². The van der Waals surface area contributed by atoms with Gasteiger partial charge in [0.05, 0.1) is 5.56 Å². The van der Waals surface area contributed by atoms with Crippen molar-refractivity contribution < 1.29 is 13.2 Å². The van der Waals surface area contributed by atoms with Crippen LogP contribution in [0.25, 0.3) is 0 Å². The first-order chi connectivity index (χ1) is 4.93. The molecule has 0 aliphatic rings.